The van der Waals surface area contributed by atoms with Crippen LogP contribution in [0.2, 0.25) is 0 Å². The SMILES string of the molecule is CCCCCCCCCCCCCCCCCCCCCC=CC(=Nc1ccccc1)C(CCCCCCCC)=Nc1ccccc1.[Ni]. The van der Waals surface area contributed by atoms with Gasteiger partial charge in [0.2, 0.25) is 0 Å². The number of hydrogen-bond acceptors (Lipinski definition) is 2. The van der Waals surface area contributed by atoms with Crippen LogP contribution in [0.15, 0.2) is 82.8 Å². The number of allylic oxidation sites excluding steroid dienone is 2. The van der Waals surface area contributed by atoms with Crippen molar-refractivity contribution < 1.29 is 16.5 Å². The second-order valence-electron chi connectivity index (χ2n) is 13.8. The van der Waals surface area contributed by atoms with E-state index in [9.17, 15) is 0 Å². The van der Waals surface area contributed by atoms with Crippen molar-refractivity contribution >= 4 is 22.8 Å². The zero-order valence-electron chi connectivity index (χ0n) is 31.2. The molecular weight excluding hydrogens is 627 g/mol. The molecule has 0 saturated heterocycles. The van der Waals surface area contributed by atoms with E-state index < -0.39 is 0 Å². The molecule has 0 spiro atoms. The summed E-state index contributed by atoms with van der Waals surface area (Å²) in [4.78, 5) is 10.2. The fraction of sp³-hybridized carbons (Fsp3) is 0.644. The molecule has 0 heterocycles. The molecule has 0 aliphatic carbocycles. The number of para-hydroxylation sites is 2. The number of hydrogen-bond donors (Lipinski definition) is 0. The Morgan fingerprint density at radius 3 is 1.21 bits per heavy atom. The van der Waals surface area contributed by atoms with Crippen LogP contribution in [0.1, 0.15) is 187 Å². The Bertz CT molecular complexity index is 1040. The van der Waals surface area contributed by atoms with Gasteiger partial charge in [0.25, 0.3) is 0 Å². The van der Waals surface area contributed by atoms with Gasteiger partial charge in [0.05, 0.1) is 22.8 Å². The summed E-state index contributed by atoms with van der Waals surface area (Å²) in [5.41, 5.74) is 4.15. The van der Waals surface area contributed by atoms with Crippen molar-refractivity contribution in [2.45, 2.75) is 187 Å². The van der Waals surface area contributed by atoms with Gasteiger partial charge >= 0.3 is 0 Å². The summed E-state index contributed by atoms with van der Waals surface area (Å²) >= 11 is 0. The van der Waals surface area contributed by atoms with Crippen LogP contribution in [0, 0.1) is 0 Å². The Balaban J connectivity index is 0.0000115. The molecule has 0 aliphatic rings. The van der Waals surface area contributed by atoms with E-state index in [1.807, 2.05) is 0 Å². The van der Waals surface area contributed by atoms with Gasteiger partial charge in [-0.15, -0.1) is 0 Å². The Kier molecular flexibility index (Phi) is 30.7. The van der Waals surface area contributed by atoms with Gasteiger partial charge < -0.3 is 0 Å². The van der Waals surface area contributed by atoms with Gasteiger partial charge in [0, 0.05) is 16.5 Å². The maximum Gasteiger partial charge on any atom is 0.0848 e. The summed E-state index contributed by atoms with van der Waals surface area (Å²) in [6.07, 6.45) is 41.4. The van der Waals surface area contributed by atoms with E-state index in [4.69, 9.17) is 9.98 Å². The molecule has 3 heteroatoms. The molecule has 0 radical (unpaired) electrons. The molecule has 48 heavy (non-hydrogen) atoms. The molecule has 2 aromatic carbocycles. The molecule has 2 rings (SSSR count). The summed E-state index contributed by atoms with van der Waals surface area (Å²) < 4.78 is 0. The van der Waals surface area contributed by atoms with Crippen molar-refractivity contribution in [2.24, 2.45) is 9.98 Å². The predicted octanol–water partition coefficient (Wildman–Crippen LogP) is 15.7. The molecule has 0 saturated carbocycles. The largest absolute Gasteiger partial charge is 0.251 e. The van der Waals surface area contributed by atoms with Crippen molar-refractivity contribution in [3.63, 3.8) is 0 Å². The number of nitrogens with zero attached hydrogens (tertiary/aromatic N) is 2. The second-order valence-corrected chi connectivity index (χ2v) is 13.8. The normalized spacial score (nSPS) is 12.1. The third kappa shape index (κ3) is 25.1. The summed E-state index contributed by atoms with van der Waals surface area (Å²) in [5.74, 6) is 0. The van der Waals surface area contributed by atoms with Crippen LogP contribution in [-0.2, 0) is 16.5 Å². The van der Waals surface area contributed by atoms with Gasteiger partial charge in [-0.05, 0) is 56.0 Å². The van der Waals surface area contributed by atoms with E-state index in [1.165, 1.54) is 154 Å². The van der Waals surface area contributed by atoms with E-state index in [0.717, 1.165) is 42.1 Å². The number of rotatable bonds is 31. The van der Waals surface area contributed by atoms with Crippen molar-refractivity contribution in [1.29, 1.82) is 0 Å². The first kappa shape index (κ1) is 44.0. The van der Waals surface area contributed by atoms with Gasteiger partial charge in [0.1, 0.15) is 0 Å². The van der Waals surface area contributed by atoms with Gasteiger partial charge in [-0.3, -0.25) is 4.99 Å². The molecule has 0 fully saturated rings. The zero-order chi connectivity index (χ0) is 33.3. The first-order valence-electron chi connectivity index (χ1n) is 20.3. The summed E-state index contributed by atoms with van der Waals surface area (Å²) in [6, 6.07) is 20.8. The van der Waals surface area contributed by atoms with Gasteiger partial charge in [0.15, 0.2) is 0 Å². The maximum atomic E-state index is 5.13. The molecule has 0 N–H and O–H groups in total. The zero-order valence-corrected chi connectivity index (χ0v) is 32.2. The van der Waals surface area contributed by atoms with E-state index >= 15 is 0 Å². The van der Waals surface area contributed by atoms with Gasteiger partial charge in [-0.25, -0.2) is 4.99 Å². The maximum absolute atomic E-state index is 5.13. The fourth-order valence-electron chi connectivity index (χ4n) is 6.35. The minimum atomic E-state index is 0. The third-order valence-electron chi connectivity index (χ3n) is 9.34. The topological polar surface area (TPSA) is 24.7 Å². The Morgan fingerprint density at radius 2 is 0.792 bits per heavy atom. The van der Waals surface area contributed by atoms with Crippen molar-refractivity contribution in [2.75, 3.05) is 0 Å². The molecular formula is C45H72N2Ni. The number of unbranched alkanes of at least 4 members (excludes halogenated alkanes) is 24. The van der Waals surface area contributed by atoms with Crippen LogP contribution in [0.5, 0.6) is 0 Å². The van der Waals surface area contributed by atoms with Crippen LogP contribution >= 0.6 is 0 Å². The molecule has 272 valence electrons. The smallest absolute Gasteiger partial charge is 0.0848 e. The van der Waals surface area contributed by atoms with Crippen LogP contribution in [-0.4, -0.2) is 11.4 Å². The standard InChI is InChI=1S/C45H72N2.Ni/c1-3-5-7-9-11-12-13-14-15-16-17-18-19-20-21-22-23-24-25-27-35-41-45(47-43-38-32-29-33-39-43)44(40-34-26-10-8-6-4-2)46-42-36-30-28-31-37-42;/h28-33,35-39,41H,3-27,34,40H2,1-2H3;. The van der Waals surface area contributed by atoms with E-state index in [-0.39, 0.29) is 16.5 Å². The van der Waals surface area contributed by atoms with Crippen LogP contribution < -0.4 is 0 Å². The minimum absolute atomic E-state index is 0. The van der Waals surface area contributed by atoms with Crippen LogP contribution in [0.3, 0.4) is 0 Å². The molecule has 0 aliphatic heterocycles. The van der Waals surface area contributed by atoms with Gasteiger partial charge in [-0.2, -0.15) is 0 Å². The molecule has 0 atom stereocenters. The Morgan fingerprint density at radius 1 is 0.438 bits per heavy atom. The Labute approximate surface area is 308 Å². The predicted molar refractivity (Wildman–Crippen MR) is 212 cm³/mol. The monoisotopic (exact) mass is 699 g/mol. The fourth-order valence-corrected chi connectivity index (χ4v) is 6.35. The Hall–Kier alpha value is -1.99. The first-order chi connectivity index (χ1) is 23.3. The third-order valence-corrected chi connectivity index (χ3v) is 9.34. The van der Waals surface area contributed by atoms with Crippen LogP contribution in [0.4, 0.5) is 11.4 Å². The van der Waals surface area contributed by atoms with E-state index in [1.54, 1.807) is 0 Å². The average Bonchev–Trinajstić information content (AvgIpc) is 3.10. The summed E-state index contributed by atoms with van der Waals surface area (Å²) in [5, 5.41) is 0. The number of benzene rings is 2. The van der Waals surface area contributed by atoms with Crippen LogP contribution in [0.25, 0.3) is 0 Å². The summed E-state index contributed by atoms with van der Waals surface area (Å²) in [6.45, 7) is 4.58. The van der Waals surface area contributed by atoms with E-state index in [0.29, 0.717) is 0 Å². The summed E-state index contributed by atoms with van der Waals surface area (Å²) in [7, 11) is 0. The molecule has 2 nitrogen and oxygen atoms in total. The van der Waals surface area contributed by atoms with Crippen molar-refractivity contribution in [3.8, 4) is 0 Å². The quantitative estimate of drug-likeness (QED) is 0.0425. The number of aliphatic imine (C=N–C) groups is 2. The average molecular weight is 700 g/mol. The minimum Gasteiger partial charge on any atom is -0.251 e. The van der Waals surface area contributed by atoms with Gasteiger partial charge in [-0.1, -0.05) is 204 Å². The van der Waals surface area contributed by atoms with Crippen molar-refractivity contribution in [3.05, 3.63) is 72.8 Å². The molecule has 0 amide bonds. The van der Waals surface area contributed by atoms with E-state index in [2.05, 4.69) is 86.7 Å². The molecule has 0 bridgehead atoms. The molecule has 2 aromatic rings. The second kappa shape index (κ2) is 33.5. The molecule has 0 aromatic heterocycles. The van der Waals surface area contributed by atoms with Crippen molar-refractivity contribution in [1.82, 2.24) is 0 Å². The molecule has 0 unspecified atom stereocenters. The first-order valence-corrected chi connectivity index (χ1v) is 20.3.